The molecular formula is C17H21N5O5. The minimum Gasteiger partial charge on any atom is -0.347 e. The number of nitrogens with zero attached hydrogens (tertiary/aromatic N) is 2. The molecule has 2 fully saturated rings. The molecule has 10 nitrogen and oxygen atoms in total. The SMILES string of the molecule is O=C(CCC(=O)N1CCC2(CC1)OCCO2)Nc1ccc2[nH]c(=O)[nH]c2n1. The molecule has 10 heteroatoms. The van der Waals surface area contributed by atoms with Crippen LogP contribution in [0.15, 0.2) is 16.9 Å². The van der Waals surface area contributed by atoms with E-state index in [2.05, 4.69) is 20.3 Å². The van der Waals surface area contributed by atoms with Crippen molar-refractivity contribution >= 4 is 28.8 Å². The van der Waals surface area contributed by atoms with E-state index in [1.54, 1.807) is 17.0 Å². The Labute approximate surface area is 154 Å². The van der Waals surface area contributed by atoms with Gasteiger partial charge >= 0.3 is 5.69 Å². The molecule has 2 aliphatic rings. The smallest absolute Gasteiger partial charge is 0.325 e. The molecule has 0 unspecified atom stereocenters. The maximum atomic E-state index is 12.3. The van der Waals surface area contributed by atoms with Gasteiger partial charge in [0, 0.05) is 38.8 Å². The summed E-state index contributed by atoms with van der Waals surface area (Å²) in [4.78, 5) is 46.7. The highest BCUT2D eigenvalue weighted by atomic mass is 16.7. The van der Waals surface area contributed by atoms with Crippen molar-refractivity contribution < 1.29 is 19.1 Å². The number of likely N-dealkylation sites (tertiary alicyclic amines) is 1. The fraction of sp³-hybridized carbons (Fsp3) is 0.529. The van der Waals surface area contributed by atoms with Crippen LogP contribution in [0.3, 0.4) is 0 Å². The van der Waals surface area contributed by atoms with Crippen LogP contribution in [0.25, 0.3) is 11.2 Å². The van der Waals surface area contributed by atoms with Gasteiger partial charge in [0.1, 0.15) is 5.82 Å². The largest absolute Gasteiger partial charge is 0.347 e. The minimum absolute atomic E-state index is 0.0589. The van der Waals surface area contributed by atoms with Gasteiger partial charge in [-0.3, -0.25) is 14.6 Å². The fourth-order valence-electron chi connectivity index (χ4n) is 3.45. The Hall–Kier alpha value is -2.72. The molecule has 2 aromatic rings. The first-order chi connectivity index (χ1) is 13.0. The lowest BCUT2D eigenvalue weighted by atomic mass is 10.0. The quantitative estimate of drug-likeness (QED) is 0.706. The number of carbonyl (C=O) groups is 2. The average molecular weight is 375 g/mol. The van der Waals surface area contributed by atoms with Crippen LogP contribution < -0.4 is 11.0 Å². The number of carbonyl (C=O) groups excluding carboxylic acids is 2. The number of imidazole rings is 1. The second kappa shape index (κ2) is 7.12. The first-order valence-electron chi connectivity index (χ1n) is 8.98. The van der Waals surface area contributed by atoms with E-state index in [0.717, 1.165) is 0 Å². The van der Waals surface area contributed by atoms with Crippen LogP contribution in [0, 0.1) is 0 Å². The molecule has 3 N–H and O–H groups in total. The fourth-order valence-corrected chi connectivity index (χ4v) is 3.45. The molecule has 1 spiro atoms. The number of aromatic amines is 2. The molecule has 0 saturated carbocycles. The van der Waals surface area contributed by atoms with Gasteiger partial charge in [-0.1, -0.05) is 0 Å². The Bertz CT molecular complexity index is 904. The van der Waals surface area contributed by atoms with E-state index < -0.39 is 5.79 Å². The molecule has 2 saturated heterocycles. The lowest BCUT2D eigenvalue weighted by Gasteiger charge is -2.37. The third-order valence-corrected chi connectivity index (χ3v) is 4.90. The lowest BCUT2D eigenvalue weighted by Crippen LogP contribution is -2.47. The van der Waals surface area contributed by atoms with Crippen molar-refractivity contribution in [3.05, 3.63) is 22.6 Å². The number of H-pyrrole nitrogens is 2. The number of ether oxygens (including phenoxy) is 2. The standard InChI is InChI=1S/C17H21N5O5/c23-13(19-12-2-1-11-15(20-12)21-16(25)18-11)3-4-14(24)22-7-5-17(6-8-22)26-9-10-27-17/h1-2H,3-10H2,(H3,18,19,20,21,23,25). The number of rotatable bonds is 4. The normalized spacial score (nSPS) is 18.9. The summed E-state index contributed by atoms with van der Waals surface area (Å²) in [6.45, 7) is 2.34. The van der Waals surface area contributed by atoms with E-state index in [1.807, 2.05) is 0 Å². The van der Waals surface area contributed by atoms with Crippen molar-refractivity contribution in [3.8, 4) is 0 Å². The number of fused-ring (bicyclic) bond motifs is 1. The van der Waals surface area contributed by atoms with Gasteiger partial charge in [-0.15, -0.1) is 0 Å². The van der Waals surface area contributed by atoms with Crippen molar-refractivity contribution in [2.45, 2.75) is 31.5 Å². The van der Waals surface area contributed by atoms with E-state index in [1.165, 1.54) is 0 Å². The number of pyridine rings is 1. The molecule has 0 atom stereocenters. The van der Waals surface area contributed by atoms with Crippen LogP contribution in [-0.2, 0) is 19.1 Å². The topological polar surface area (TPSA) is 129 Å². The van der Waals surface area contributed by atoms with Crippen LogP contribution in [0.5, 0.6) is 0 Å². The van der Waals surface area contributed by atoms with Crippen LogP contribution in [0.2, 0.25) is 0 Å². The van der Waals surface area contributed by atoms with Crippen LogP contribution in [0.4, 0.5) is 5.82 Å². The molecular weight excluding hydrogens is 354 g/mol. The Morgan fingerprint density at radius 3 is 2.63 bits per heavy atom. The number of nitrogens with one attached hydrogen (secondary N) is 3. The van der Waals surface area contributed by atoms with Gasteiger partial charge in [0.05, 0.1) is 18.7 Å². The van der Waals surface area contributed by atoms with Gasteiger partial charge in [0.2, 0.25) is 11.8 Å². The lowest BCUT2D eigenvalue weighted by molar-refractivity contribution is -0.187. The zero-order chi connectivity index (χ0) is 18.9. The van der Waals surface area contributed by atoms with Gasteiger partial charge in [-0.05, 0) is 12.1 Å². The number of aromatic nitrogens is 3. The van der Waals surface area contributed by atoms with Crippen LogP contribution in [0.1, 0.15) is 25.7 Å². The molecule has 0 aromatic carbocycles. The summed E-state index contributed by atoms with van der Waals surface area (Å²) in [6.07, 6.45) is 1.51. The van der Waals surface area contributed by atoms with Gasteiger partial charge in [-0.2, -0.15) is 0 Å². The maximum absolute atomic E-state index is 12.3. The Kier molecular flexibility index (Phi) is 4.66. The molecule has 0 radical (unpaired) electrons. The van der Waals surface area contributed by atoms with Crippen molar-refractivity contribution in [2.75, 3.05) is 31.6 Å². The van der Waals surface area contributed by atoms with E-state index >= 15 is 0 Å². The molecule has 2 aromatic heterocycles. The van der Waals surface area contributed by atoms with Crippen LogP contribution in [-0.4, -0.2) is 63.8 Å². The third-order valence-electron chi connectivity index (χ3n) is 4.90. The number of hydrogen-bond donors (Lipinski definition) is 3. The molecule has 4 heterocycles. The second-order valence-electron chi connectivity index (χ2n) is 6.71. The van der Waals surface area contributed by atoms with Gasteiger partial charge in [-0.25, -0.2) is 9.78 Å². The molecule has 0 aliphatic carbocycles. The summed E-state index contributed by atoms with van der Waals surface area (Å²) >= 11 is 0. The monoisotopic (exact) mass is 375 g/mol. The molecule has 144 valence electrons. The molecule has 4 rings (SSSR count). The maximum Gasteiger partial charge on any atom is 0.325 e. The predicted octanol–water partition coefficient (Wildman–Crippen LogP) is 0.335. The highest BCUT2D eigenvalue weighted by Gasteiger charge is 2.40. The summed E-state index contributed by atoms with van der Waals surface area (Å²) < 4.78 is 11.3. The summed E-state index contributed by atoms with van der Waals surface area (Å²) in [5.41, 5.74) is 0.571. The minimum atomic E-state index is -0.516. The number of anilines is 1. The number of hydrogen-bond acceptors (Lipinski definition) is 6. The molecule has 2 amide bonds. The van der Waals surface area contributed by atoms with Crippen LogP contribution >= 0.6 is 0 Å². The van der Waals surface area contributed by atoms with Crippen molar-refractivity contribution in [3.63, 3.8) is 0 Å². The second-order valence-corrected chi connectivity index (χ2v) is 6.71. The zero-order valence-corrected chi connectivity index (χ0v) is 14.7. The zero-order valence-electron chi connectivity index (χ0n) is 14.7. The summed E-state index contributed by atoms with van der Waals surface area (Å²) in [6, 6.07) is 3.25. The van der Waals surface area contributed by atoms with Crippen molar-refractivity contribution in [1.82, 2.24) is 19.9 Å². The van der Waals surface area contributed by atoms with E-state index in [0.29, 0.717) is 56.1 Å². The molecule has 0 bridgehead atoms. The van der Waals surface area contributed by atoms with Crippen molar-refractivity contribution in [2.24, 2.45) is 0 Å². The van der Waals surface area contributed by atoms with E-state index in [9.17, 15) is 14.4 Å². The summed E-state index contributed by atoms with van der Waals surface area (Å²) in [5, 5.41) is 2.64. The Morgan fingerprint density at radius 1 is 1.15 bits per heavy atom. The highest BCUT2D eigenvalue weighted by Crippen LogP contribution is 2.31. The third kappa shape index (κ3) is 3.86. The van der Waals surface area contributed by atoms with E-state index in [4.69, 9.17) is 9.47 Å². The number of amides is 2. The van der Waals surface area contributed by atoms with E-state index in [-0.39, 0.29) is 30.3 Å². The average Bonchev–Trinajstić information content (AvgIpc) is 3.25. The first kappa shape index (κ1) is 17.7. The number of piperidine rings is 1. The molecule has 2 aliphatic heterocycles. The summed E-state index contributed by atoms with van der Waals surface area (Å²) in [5.74, 6) is -0.552. The molecule has 27 heavy (non-hydrogen) atoms. The summed E-state index contributed by atoms with van der Waals surface area (Å²) in [7, 11) is 0. The van der Waals surface area contributed by atoms with Crippen molar-refractivity contribution in [1.29, 1.82) is 0 Å². The van der Waals surface area contributed by atoms with Gasteiger partial charge in [0.15, 0.2) is 11.4 Å². The van der Waals surface area contributed by atoms with Gasteiger partial charge in [0.25, 0.3) is 0 Å². The highest BCUT2D eigenvalue weighted by molar-refractivity contribution is 5.93. The Balaban J connectivity index is 1.26. The van der Waals surface area contributed by atoms with Gasteiger partial charge < -0.3 is 24.7 Å². The predicted molar refractivity (Wildman–Crippen MR) is 95.0 cm³/mol. The first-order valence-corrected chi connectivity index (χ1v) is 8.98. The Morgan fingerprint density at radius 2 is 1.89 bits per heavy atom.